The van der Waals surface area contributed by atoms with Crippen molar-refractivity contribution in [2.24, 2.45) is 0 Å². The quantitative estimate of drug-likeness (QED) is 0.732. The van der Waals surface area contributed by atoms with Gasteiger partial charge in [0.2, 0.25) is 0 Å². The predicted molar refractivity (Wildman–Crippen MR) is 70.3 cm³/mol. The highest BCUT2D eigenvalue weighted by Crippen LogP contribution is 2.12. The van der Waals surface area contributed by atoms with Crippen molar-refractivity contribution in [3.63, 3.8) is 0 Å². The molecule has 0 atom stereocenters. The van der Waals surface area contributed by atoms with Gasteiger partial charge in [0, 0.05) is 25.2 Å². The van der Waals surface area contributed by atoms with Gasteiger partial charge in [-0.25, -0.2) is 4.39 Å². The molecule has 0 fully saturated rings. The molecule has 0 aliphatic rings. The molecule has 0 unspecified atom stereocenters. The largest absolute Gasteiger partial charge is 0.313 e. The molecule has 94 valence electrons. The van der Waals surface area contributed by atoms with Gasteiger partial charge in [-0.2, -0.15) is 0 Å². The number of hydrogen-bond acceptors (Lipinski definition) is 2. The highest BCUT2D eigenvalue weighted by Gasteiger charge is 2.06. The highest BCUT2D eigenvalue weighted by molar-refractivity contribution is 5.25. The Balaban J connectivity index is 2.71. The lowest BCUT2D eigenvalue weighted by Gasteiger charge is -2.15. The number of halogens is 1. The number of nitrogens with one attached hydrogen (secondary N) is 1. The summed E-state index contributed by atoms with van der Waals surface area (Å²) in [5.41, 5.74) is 1.86. The summed E-state index contributed by atoms with van der Waals surface area (Å²) in [4.78, 5) is 2.03. The first kappa shape index (κ1) is 13.9. The lowest BCUT2D eigenvalue weighted by Crippen LogP contribution is -2.19. The molecule has 0 radical (unpaired) electrons. The smallest absolute Gasteiger partial charge is 0.127 e. The Kier molecular flexibility index (Phi) is 5.87. The van der Waals surface area contributed by atoms with E-state index in [9.17, 15) is 4.39 Å². The van der Waals surface area contributed by atoms with Crippen LogP contribution in [0.3, 0.4) is 0 Å². The molecule has 0 spiro atoms. The summed E-state index contributed by atoms with van der Waals surface area (Å²) in [6.45, 7) is 8.81. The van der Waals surface area contributed by atoms with Gasteiger partial charge in [0.15, 0.2) is 0 Å². The van der Waals surface area contributed by atoms with Gasteiger partial charge in [-0.3, -0.25) is 4.90 Å². The van der Waals surface area contributed by atoms with Crippen molar-refractivity contribution in [2.75, 3.05) is 20.1 Å². The number of hydrogen-bond donors (Lipinski definition) is 1. The lowest BCUT2D eigenvalue weighted by molar-refractivity contribution is 0.356. The first-order valence-electron chi connectivity index (χ1n) is 5.94. The highest BCUT2D eigenvalue weighted by atomic mass is 19.1. The number of rotatable bonds is 7. The summed E-state index contributed by atoms with van der Waals surface area (Å²) in [5, 5.41) is 3.24. The van der Waals surface area contributed by atoms with E-state index in [-0.39, 0.29) is 5.82 Å². The Bertz CT molecular complexity index is 363. The van der Waals surface area contributed by atoms with E-state index in [1.54, 1.807) is 6.07 Å². The molecule has 1 N–H and O–H groups in total. The van der Waals surface area contributed by atoms with Crippen molar-refractivity contribution >= 4 is 0 Å². The van der Waals surface area contributed by atoms with Crippen molar-refractivity contribution in [2.45, 2.75) is 20.0 Å². The van der Waals surface area contributed by atoms with Crippen LogP contribution in [0.15, 0.2) is 30.9 Å². The first-order chi connectivity index (χ1) is 8.17. The minimum Gasteiger partial charge on any atom is -0.313 e. The Morgan fingerprint density at radius 2 is 2.24 bits per heavy atom. The fourth-order valence-corrected chi connectivity index (χ4v) is 1.70. The molecular weight excluding hydrogens is 215 g/mol. The molecule has 0 saturated carbocycles. The van der Waals surface area contributed by atoms with E-state index in [2.05, 4.69) is 18.8 Å². The summed E-state index contributed by atoms with van der Waals surface area (Å²) in [6.07, 6.45) is 1.82. The van der Waals surface area contributed by atoms with Crippen LogP contribution < -0.4 is 5.32 Å². The Labute approximate surface area is 103 Å². The number of nitrogens with zero attached hydrogens (tertiary/aromatic N) is 1. The van der Waals surface area contributed by atoms with Gasteiger partial charge in [-0.05, 0) is 25.2 Å². The molecule has 1 rings (SSSR count). The molecule has 1 aromatic carbocycles. The van der Waals surface area contributed by atoms with Gasteiger partial charge in [0.1, 0.15) is 5.82 Å². The summed E-state index contributed by atoms with van der Waals surface area (Å²) in [5.74, 6) is -0.138. The minimum absolute atomic E-state index is 0.138. The third-order valence-electron chi connectivity index (χ3n) is 2.57. The van der Waals surface area contributed by atoms with Gasteiger partial charge in [0.05, 0.1) is 0 Å². The maximum Gasteiger partial charge on any atom is 0.127 e. The van der Waals surface area contributed by atoms with Gasteiger partial charge in [0.25, 0.3) is 0 Å². The van der Waals surface area contributed by atoms with Crippen molar-refractivity contribution < 1.29 is 4.39 Å². The summed E-state index contributed by atoms with van der Waals surface area (Å²) in [6, 6.07) is 5.30. The van der Waals surface area contributed by atoms with Crippen LogP contribution >= 0.6 is 0 Å². The standard InChI is InChI=1S/C14H21FN2/c1-4-8-17(3)11-13-9-12(10-16-5-2)6-7-14(13)15/h4,6-7,9,16H,1,5,8,10-11H2,2-3H3. The molecular formula is C14H21FN2. The van der Waals surface area contributed by atoms with Crippen LogP contribution in [0.25, 0.3) is 0 Å². The third kappa shape index (κ3) is 4.67. The summed E-state index contributed by atoms with van der Waals surface area (Å²) >= 11 is 0. The molecule has 17 heavy (non-hydrogen) atoms. The summed E-state index contributed by atoms with van der Waals surface area (Å²) < 4.78 is 13.6. The predicted octanol–water partition coefficient (Wildman–Crippen LogP) is 2.55. The van der Waals surface area contributed by atoms with Gasteiger partial charge in [-0.15, -0.1) is 6.58 Å². The molecule has 3 heteroatoms. The van der Waals surface area contributed by atoms with E-state index in [1.807, 2.05) is 30.2 Å². The van der Waals surface area contributed by atoms with Crippen molar-refractivity contribution in [3.05, 3.63) is 47.8 Å². The fraction of sp³-hybridized carbons (Fsp3) is 0.429. The van der Waals surface area contributed by atoms with E-state index < -0.39 is 0 Å². The minimum atomic E-state index is -0.138. The monoisotopic (exact) mass is 236 g/mol. The van der Waals surface area contributed by atoms with Crippen LogP contribution in [0.1, 0.15) is 18.1 Å². The van der Waals surface area contributed by atoms with Gasteiger partial charge >= 0.3 is 0 Å². The second-order valence-electron chi connectivity index (χ2n) is 4.19. The summed E-state index contributed by atoms with van der Waals surface area (Å²) in [7, 11) is 1.96. The zero-order valence-corrected chi connectivity index (χ0v) is 10.7. The Hall–Kier alpha value is -1.19. The van der Waals surface area contributed by atoms with Gasteiger partial charge < -0.3 is 5.32 Å². The molecule has 0 aliphatic carbocycles. The molecule has 0 aromatic heterocycles. The topological polar surface area (TPSA) is 15.3 Å². The fourth-order valence-electron chi connectivity index (χ4n) is 1.70. The average molecular weight is 236 g/mol. The van der Waals surface area contributed by atoms with Crippen LogP contribution in [-0.2, 0) is 13.1 Å². The molecule has 2 nitrogen and oxygen atoms in total. The zero-order valence-electron chi connectivity index (χ0n) is 10.7. The van der Waals surface area contributed by atoms with Crippen LogP contribution in [0, 0.1) is 5.82 Å². The average Bonchev–Trinajstić information content (AvgIpc) is 2.30. The zero-order chi connectivity index (χ0) is 12.7. The van der Waals surface area contributed by atoms with Crippen LogP contribution in [0.5, 0.6) is 0 Å². The molecule has 0 saturated heterocycles. The van der Waals surface area contributed by atoms with E-state index >= 15 is 0 Å². The van der Waals surface area contributed by atoms with Gasteiger partial charge in [-0.1, -0.05) is 25.1 Å². The van der Waals surface area contributed by atoms with E-state index in [0.717, 1.165) is 30.8 Å². The van der Waals surface area contributed by atoms with Crippen LogP contribution in [0.4, 0.5) is 4.39 Å². The van der Waals surface area contributed by atoms with Crippen molar-refractivity contribution in [3.8, 4) is 0 Å². The lowest BCUT2D eigenvalue weighted by atomic mass is 10.1. The molecule has 0 bridgehead atoms. The number of benzene rings is 1. The maximum atomic E-state index is 13.6. The molecule has 0 heterocycles. The Morgan fingerprint density at radius 3 is 2.88 bits per heavy atom. The second kappa shape index (κ2) is 7.20. The maximum absolute atomic E-state index is 13.6. The SMILES string of the molecule is C=CCN(C)Cc1cc(CNCC)ccc1F. The van der Waals surface area contributed by atoms with Crippen molar-refractivity contribution in [1.82, 2.24) is 10.2 Å². The molecule has 1 aromatic rings. The normalized spacial score (nSPS) is 10.8. The van der Waals surface area contributed by atoms with E-state index in [1.165, 1.54) is 0 Å². The second-order valence-corrected chi connectivity index (χ2v) is 4.19. The first-order valence-corrected chi connectivity index (χ1v) is 5.94. The number of likely N-dealkylation sites (N-methyl/N-ethyl adjacent to an activating group) is 1. The van der Waals surface area contributed by atoms with Crippen LogP contribution in [0.2, 0.25) is 0 Å². The third-order valence-corrected chi connectivity index (χ3v) is 2.57. The van der Waals surface area contributed by atoms with Crippen LogP contribution in [-0.4, -0.2) is 25.0 Å². The Morgan fingerprint density at radius 1 is 1.47 bits per heavy atom. The van der Waals surface area contributed by atoms with E-state index in [0.29, 0.717) is 6.54 Å². The molecule has 0 amide bonds. The van der Waals surface area contributed by atoms with Crippen molar-refractivity contribution in [1.29, 1.82) is 0 Å². The molecule has 0 aliphatic heterocycles. The van der Waals surface area contributed by atoms with E-state index in [4.69, 9.17) is 0 Å².